The maximum absolute atomic E-state index is 2.32. The van der Waals surface area contributed by atoms with Gasteiger partial charge in [-0.1, -0.05) is 13.3 Å². The molecule has 42 valence electrons. The number of thioether (sulfide) groups is 1. The third-order valence-corrected chi connectivity index (χ3v) is 2.74. The Morgan fingerprint density at radius 2 is 2.29 bits per heavy atom. The first-order valence-corrected chi connectivity index (χ1v) is 4.06. The first kappa shape index (κ1) is 5.49. The Labute approximate surface area is 49.7 Å². The lowest BCUT2D eigenvalue weighted by Crippen LogP contribution is -2.03. The van der Waals surface area contributed by atoms with Crippen molar-refractivity contribution in [3.05, 3.63) is 0 Å². The lowest BCUT2D eigenvalue weighted by molar-refractivity contribution is 0.693. The maximum Gasteiger partial charge on any atom is 0.00187 e. The van der Waals surface area contributed by atoms with Crippen LogP contribution in [0.5, 0.6) is 0 Å². The van der Waals surface area contributed by atoms with Gasteiger partial charge in [-0.3, -0.25) is 0 Å². The van der Waals surface area contributed by atoms with Gasteiger partial charge in [-0.25, -0.2) is 0 Å². The summed E-state index contributed by atoms with van der Waals surface area (Å²) in [6, 6.07) is 0. The molecule has 1 fully saturated rings. The second-order valence-corrected chi connectivity index (χ2v) is 3.72. The molecule has 0 bridgehead atoms. The van der Waals surface area contributed by atoms with Crippen LogP contribution in [0.3, 0.4) is 0 Å². The molecule has 1 rings (SSSR count). The van der Waals surface area contributed by atoms with Crippen molar-refractivity contribution in [2.75, 3.05) is 5.75 Å². The van der Waals surface area contributed by atoms with Gasteiger partial charge in [0.1, 0.15) is 0 Å². The summed E-state index contributed by atoms with van der Waals surface area (Å²) >= 11 is 2.12. The molecule has 0 spiro atoms. The van der Waals surface area contributed by atoms with E-state index in [1.807, 2.05) is 0 Å². The molecule has 1 aliphatic rings. The SMILES string of the molecule is C[C@H]1CCCCS1. The molecule has 0 nitrogen and oxygen atoms in total. The van der Waals surface area contributed by atoms with Crippen LogP contribution in [0.15, 0.2) is 0 Å². The van der Waals surface area contributed by atoms with Crippen molar-refractivity contribution in [1.29, 1.82) is 0 Å². The van der Waals surface area contributed by atoms with E-state index >= 15 is 0 Å². The van der Waals surface area contributed by atoms with Crippen molar-refractivity contribution in [3.8, 4) is 0 Å². The van der Waals surface area contributed by atoms with Crippen LogP contribution in [0.1, 0.15) is 26.2 Å². The van der Waals surface area contributed by atoms with Crippen molar-refractivity contribution in [1.82, 2.24) is 0 Å². The zero-order valence-corrected chi connectivity index (χ0v) is 5.63. The Bertz CT molecular complexity index is 46.1. The highest BCUT2D eigenvalue weighted by Crippen LogP contribution is 2.23. The van der Waals surface area contributed by atoms with Gasteiger partial charge in [-0.05, 0) is 18.6 Å². The molecule has 0 aromatic rings. The largest absolute Gasteiger partial charge is 0.159 e. The summed E-state index contributed by atoms with van der Waals surface area (Å²) < 4.78 is 0. The van der Waals surface area contributed by atoms with E-state index in [0.29, 0.717) is 0 Å². The Morgan fingerprint density at radius 1 is 1.43 bits per heavy atom. The van der Waals surface area contributed by atoms with Crippen LogP contribution in [0.2, 0.25) is 0 Å². The van der Waals surface area contributed by atoms with Crippen LogP contribution in [-0.2, 0) is 0 Å². The molecule has 0 N–H and O–H groups in total. The van der Waals surface area contributed by atoms with Gasteiger partial charge in [-0.15, -0.1) is 0 Å². The monoisotopic (exact) mass is 116 g/mol. The molecule has 0 unspecified atom stereocenters. The fraction of sp³-hybridized carbons (Fsp3) is 1.00. The van der Waals surface area contributed by atoms with E-state index < -0.39 is 0 Å². The van der Waals surface area contributed by atoms with Gasteiger partial charge in [0.2, 0.25) is 0 Å². The second-order valence-electron chi connectivity index (χ2n) is 2.18. The summed E-state index contributed by atoms with van der Waals surface area (Å²) in [5.41, 5.74) is 0. The van der Waals surface area contributed by atoms with Crippen molar-refractivity contribution in [2.45, 2.75) is 31.4 Å². The predicted molar refractivity (Wildman–Crippen MR) is 35.8 cm³/mol. The molecule has 0 radical (unpaired) electrons. The highest BCUT2D eigenvalue weighted by molar-refractivity contribution is 7.99. The first-order chi connectivity index (χ1) is 3.39. The molecular formula is C6H12S. The van der Waals surface area contributed by atoms with Crippen LogP contribution >= 0.6 is 11.8 Å². The van der Waals surface area contributed by atoms with Gasteiger partial charge < -0.3 is 0 Å². The van der Waals surface area contributed by atoms with E-state index in [2.05, 4.69) is 18.7 Å². The van der Waals surface area contributed by atoms with Gasteiger partial charge >= 0.3 is 0 Å². The van der Waals surface area contributed by atoms with Gasteiger partial charge in [-0.2, -0.15) is 11.8 Å². The molecule has 0 saturated carbocycles. The standard InChI is InChI=1S/C6H12S/c1-6-4-2-3-5-7-6/h6H,2-5H2,1H3/t6-/m0/s1. The van der Waals surface area contributed by atoms with E-state index in [0.717, 1.165) is 5.25 Å². The number of hydrogen-bond donors (Lipinski definition) is 0. The fourth-order valence-electron chi connectivity index (χ4n) is 0.902. The summed E-state index contributed by atoms with van der Waals surface area (Å²) in [4.78, 5) is 0. The van der Waals surface area contributed by atoms with Crippen LogP contribution in [0.25, 0.3) is 0 Å². The minimum Gasteiger partial charge on any atom is -0.159 e. The Balaban J connectivity index is 2.12. The minimum absolute atomic E-state index is 0.953. The Kier molecular flexibility index (Phi) is 2.04. The van der Waals surface area contributed by atoms with Gasteiger partial charge in [0, 0.05) is 5.25 Å². The lowest BCUT2D eigenvalue weighted by atomic mass is 10.2. The lowest BCUT2D eigenvalue weighted by Gasteiger charge is -2.15. The topological polar surface area (TPSA) is 0 Å². The Hall–Kier alpha value is 0.350. The maximum atomic E-state index is 2.32. The van der Waals surface area contributed by atoms with Crippen molar-refractivity contribution >= 4 is 11.8 Å². The average Bonchev–Trinajstić information content (AvgIpc) is 1.69. The van der Waals surface area contributed by atoms with E-state index in [1.165, 1.54) is 25.0 Å². The van der Waals surface area contributed by atoms with Crippen LogP contribution in [0, 0.1) is 0 Å². The number of rotatable bonds is 0. The summed E-state index contributed by atoms with van der Waals surface area (Å²) in [7, 11) is 0. The van der Waals surface area contributed by atoms with Crippen LogP contribution in [0.4, 0.5) is 0 Å². The number of hydrogen-bond acceptors (Lipinski definition) is 1. The molecule has 0 aliphatic carbocycles. The van der Waals surface area contributed by atoms with Crippen LogP contribution in [-0.4, -0.2) is 11.0 Å². The zero-order valence-electron chi connectivity index (χ0n) is 4.81. The normalized spacial score (nSPS) is 33.0. The van der Waals surface area contributed by atoms with Gasteiger partial charge in [0.15, 0.2) is 0 Å². The minimum atomic E-state index is 0.953. The van der Waals surface area contributed by atoms with E-state index in [4.69, 9.17) is 0 Å². The second kappa shape index (κ2) is 2.61. The molecule has 0 aromatic heterocycles. The molecule has 0 amide bonds. The first-order valence-electron chi connectivity index (χ1n) is 3.01. The summed E-state index contributed by atoms with van der Waals surface area (Å²) in [5, 5.41) is 0.953. The van der Waals surface area contributed by atoms with Crippen molar-refractivity contribution in [3.63, 3.8) is 0 Å². The van der Waals surface area contributed by atoms with Gasteiger partial charge in [0.05, 0.1) is 0 Å². The fourth-order valence-corrected chi connectivity index (χ4v) is 2.01. The third kappa shape index (κ3) is 1.72. The van der Waals surface area contributed by atoms with E-state index in [9.17, 15) is 0 Å². The average molecular weight is 116 g/mol. The van der Waals surface area contributed by atoms with E-state index in [-0.39, 0.29) is 0 Å². The van der Waals surface area contributed by atoms with E-state index in [1.54, 1.807) is 0 Å². The predicted octanol–water partition coefficient (Wildman–Crippen LogP) is 2.29. The van der Waals surface area contributed by atoms with Crippen LogP contribution < -0.4 is 0 Å². The summed E-state index contributed by atoms with van der Waals surface area (Å²) in [5.74, 6) is 1.40. The molecule has 1 heteroatoms. The van der Waals surface area contributed by atoms with Crippen molar-refractivity contribution in [2.24, 2.45) is 0 Å². The molecule has 1 aliphatic heterocycles. The highest BCUT2D eigenvalue weighted by Gasteiger charge is 2.06. The molecule has 1 heterocycles. The quantitative estimate of drug-likeness (QED) is 0.468. The Morgan fingerprint density at radius 3 is 2.57 bits per heavy atom. The van der Waals surface area contributed by atoms with Crippen molar-refractivity contribution < 1.29 is 0 Å². The molecule has 1 saturated heterocycles. The third-order valence-electron chi connectivity index (χ3n) is 1.41. The molecule has 1 atom stereocenters. The summed E-state index contributed by atoms with van der Waals surface area (Å²) in [6.45, 7) is 2.32. The molecule has 0 aromatic carbocycles. The zero-order chi connectivity index (χ0) is 5.11. The molecule has 7 heavy (non-hydrogen) atoms. The summed E-state index contributed by atoms with van der Waals surface area (Å²) in [6.07, 6.45) is 4.37. The highest BCUT2D eigenvalue weighted by atomic mass is 32.2. The smallest absolute Gasteiger partial charge is 0.00187 e. The van der Waals surface area contributed by atoms with Gasteiger partial charge in [0.25, 0.3) is 0 Å². The molecular weight excluding hydrogens is 104 g/mol.